The third-order valence-electron chi connectivity index (χ3n) is 5.40. The molecule has 1 aromatic carbocycles. The summed E-state index contributed by atoms with van der Waals surface area (Å²) in [5, 5.41) is 3.37. The van der Waals surface area contributed by atoms with Crippen LogP contribution in [-0.2, 0) is 4.79 Å². The lowest BCUT2D eigenvalue weighted by Crippen LogP contribution is -2.50. The van der Waals surface area contributed by atoms with E-state index in [2.05, 4.69) is 65.2 Å². The number of nitrogens with one attached hydrogen (secondary N) is 1. The molecule has 150 valence electrons. The predicted octanol–water partition coefficient (Wildman–Crippen LogP) is 3.92. The van der Waals surface area contributed by atoms with Crippen LogP contribution >= 0.6 is 0 Å². The van der Waals surface area contributed by atoms with Crippen LogP contribution in [0.1, 0.15) is 38.1 Å². The molecular formula is C22H31N5O. The Morgan fingerprint density at radius 1 is 1.04 bits per heavy atom. The lowest BCUT2D eigenvalue weighted by Gasteiger charge is -2.37. The average Bonchev–Trinajstić information content (AvgIpc) is 2.70. The number of aryl methyl sites for hydroxylation is 2. The Kier molecular flexibility index (Phi) is 6.49. The van der Waals surface area contributed by atoms with Crippen LogP contribution in [0.5, 0.6) is 0 Å². The zero-order chi connectivity index (χ0) is 20.1. The second kappa shape index (κ2) is 9.04. The van der Waals surface area contributed by atoms with Crippen molar-refractivity contribution in [3.63, 3.8) is 0 Å². The average molecular weight is 382 g/mol. The summed E-state index contributed by atoms with van der Waals surface area (Å²) in [6, 6.07) is 10.2. The Morgan fingerprint density at radius 2 is 1.68 bits per heavy atom. The van der Waals surface area contributed by atoms with Crippen LogP contribution in [0.15, 0.2) is 30.3 Å². The van der Waals surface area contributed by atoms with Crippen molar-refractivity contribution < 1.29 is 4.79 Å². The summed E-state index contributed by atoms with van der Waals surface area (Å²) in [4.78, 5) is 26.0. The van der Waals surface area contributed by atoms with E-state index in [0.29, 0.717) is 5.91 Å². The molecule has 1 aliphatic heterocycles. The molecule has 0 aliphatic carbocycles. The van der Waals surface area contributed by atoms with Gasteiger partial charge in [0.15, 0.2) is 0 Å². The Balaban J connectivity index is 1.67. The van der Waals surface area contributed by atoms with Gasteiger partial charge >= 0.3 is 0 Å². The number of aromatic nitrogens is 2. The number of rotatable bonds is 6. The number of hydrogen-bond donors (Lipinski definition) is 1. The van der Waals surface area contributed by atoms with Gasteiger partial charge in [-0.2, -0.15) is 0 Å². The number of nitrogens with zero attached hydrogens (tertiary/aromatic N) is 4. The summed E-state index contributed by atoms with van der Waals surface area (Å²) in [6.07, 6.45) is 1.82. The maximum absolute atomic E-state index is 12.6. The van der Waals surface area contributed by atoms with Gasteiger partial charge in [0.1, 0.15) is 17.5 Å². The van der Waals surface area contributed by atoms with Crippen molar-refractivity contribution in [3.8, 4) is 0 Å². The molecule has 0 saturated carbocycles. The zero-order valence-corrected chi connectivity index (χ0v) is 17.4. The van der Waals surface area contributed by atoms with Crippen molar-refractivity contribution in [1.29, 1.82) is 0 Å². The Bertz CT molecular complexity index is 793. The van der Waals surface area contributed by atoms with Crippen molar-refractivity contribution in [2.45, 2.75) is 40.5 Å². The number of piperazine rings is 1. The van der Waals surface area contributed by atoms with E-state index < -0.39 is 0 Å². The van der Waals surface area contributed by atoms with Gasteiger partial charge < -0.3 is 15.1 Å². The third kappa shape index (κ3) is 4.80. The molecule has 0 unspecified atom stereocenters. The van der Waals surface area contributed by atoms with E-state index in [1.807, 2.05) is 17.9 Å². The molecule has 6 nitrogen and oxygen atoms in total. The normalized spacial score (nSPS) is 14.5. The Morgan fingerprint density at radius 3 is 2.29 bits per heavy atom. The van der Waals surface area contributed by atoms with Crippen molar-refractivity contribution in [2.75, 3.05) is 36.4 Å². The topological polar surface area (TPSA) is 61.4 Å². The van der Waals surface area contributed by atoms with Crippen LogP contribution in [0.3, 0.4) is 0 Å². The first-order chi connectivity index (χ1) is 13.5. The summed E-state index contributed by atoms with van der Waals surface area (Å²) >= 11 is 0. The third-order valence-corrected chi connectivity index (χ3v) is 5.40. The smallest absolute Gasteiger partial charge is 0.225 e. The van der Waals surface area contributed by atoms with Crippen molar-refractivity contribution in [2.24, 2.45) is 5.92 Å². The molecule has 0 radical (unpaired) electrons. The largest absolute Gasteiger partial charge is 0.353 e. The Hall–Kier alpha value is -2.63. The summed E-state index contributed by atoms with van der Waals surface area (Å²) in [6.45, 7) is 11.3. The molecule has 2 heterocycles. The van der Waals surface area contributed by atoms with E-state index in [1.165, 1.54) is 5.56 Å². The first-order valence-electron chi connectivity index (χ1n) is 10.2. The number of amides is 1. The van der Waals surface area contributed by atoms with Crippen molar-refractivity contribution >= 4 is 23.2 Å². The molecule has 0 spiro atoms. The van der Waals surface area contributed by atoms with Gasteiger partial charge in [-0.1, -0.05) is 31.5 Å². The van der Waals surface area contributed by atoms with Crippen molar-refractivity contribution in [3.05, 3.63) is 41.7 Å². The molecule has 1 N–H and O–H groups in total. The van der Waals surface area contributed by atoms with Gasteiger partial charge in [-0.15, -0.1) is 0 Å². The van der Waals surface area contributed by atoms with Gasteiger partial charge in [0.2, 0.25) is 5.91 Å². The molecule has 3 rings (SSSR count). The van der Waals surface area contributed by atoms with Crippen LogP contribution in [0.2, 0.25) is 0 Å². The highest BCUT2D eigenvalue weighted by Crippen LogP contribution is 2.22. The molecule has 1 aromatic heterocycles. The molecule has 1 fully saturated rings. The van der Waals surface area contributed by atoms with Gasteiger partial charge in [-0.05, 0) is 38.8 Å². The molecule has 2 aromatic rings. The molecule has 28 heavy (non-hydrogen) atoms. The standard InChI is InChI=1S/C22H31N5O/c1-5-18(6-2)22(28)27-13-11-26(12-14-27)21-15-20(23-17(4)24-21)25-19-9-7-16(3)8-10-19/h7-10,15,18H,5-6,11-14H2,1-4H3,(H,23,24,25). The first kappa shape index (κ1) is 20.1. The van der Waals surface area contributed by atoms with E-state index in [4.69, 9.17) is 0 Å². The quantitative estimate of drug-likeness (QED) is 0.822. The summed E-state index contributed by atoms with van der Waals surface area (Å²) in [5.41, 5.74) is 2.24. The minimum atomic E-state index is 0.151. The van der Waals surface area contributed by atoms with E-state index >= 15 is 0 Å². The highest BCUT2D eigenvalue weighted by atomic mass is 16.2. The fourth-order valence-corrected chi connectivity index (χ4v) is 3.61. The highest BCUT2D eigenvalue weighted by molar-refractivity contribution is 5.79. The summed E-state index contributed by atoms with van der Waals surface area (Å²) < 4.78 is 0. The second-order valence-corrected chi connectivity index (χ2v) is 7.48. The number of benzene rings is 1. The number of anilines is 3. The van der Waals surface area contributed by atoms with Gasteiger partial charge in [0, 0.05) is 43.9 Å². The molecule has 0 bridgehead atoms. The molecule has 1 amide bonds. The van der Waals surface area contributed by atoms with E-state index in [1.54, 1.807) is 0 Å². The molecule has 6 heteroatoms. The summed E-state index contributed by atoms with van der Waals surface area (Å²) in [7, 11) is 0. The fourth-order valence-electron chi connectivity index (χ4n) is 3.61. The van der Waals surface area contributed by atoms with Crippen LogP contribution in [0.4, 0.5) is 17.3 Å². The minimum absolute atomic E-state index is 0.151. The van der Waals surface area contributed by atoms with Gasteiger partial charge in [0.25, 0.3) is 0 Å². The van der Waals surface area contributed by atoms with E-state index in [0.717, 1.165) is 62.2 Å². The molecule has 1 saturated heterocycles. The number of hydrogen-bond acceptors (Lipinski definition) is 5. The van der Waals surface area contributed by atoms with Crippen LogP contribution in [-0.4, -0.2) is 47.0 Å². The minimum Gasteiger partial charge on any atom is -0.353 e. The van der Waals surface area contributed by atoms with Gasteiger partial charge in [0.05, 0.1) is 0 Å². The van der Waals surface area contributed by atoms with Crippen molar-refractivity contribution in [1.82, 2.24) is 14.9 Å². The van der Waals surface area contributed by atoms with Crippen LogP contribution in [0.25, 0.3) is 0 Å². The van der Waals surface area contributed by atoms with Gasteiger partial charge in [-0.3, -0.25) is 4.79 Å². The maximum Gasteiger partial charge on any atom is 0.225 e. The lowest BCUT2D eigenvalue weighted by molar-refractivity contribution is -0.136. The van der Waals surface area contributed by atoms with Gasteiger partial charge in [-0.25, -0.2) is 9.97 Å². The lowest BCUT2D eigenvalue weighted by atomic mass is 10.0. The SMILES string of the molecule is CCC(CC)C(=O)N1CCN(c2cc(Nc3ccc(C)cc3)nc(C)n2)CC1. The number of carbonyl (C=O) groups excluding carboxylic acids is 1. The maximum atomic E-state index is 12.6. The van der Waals surface area contributed by atoms with E-state index in [9.17, 15) is 4.79 Å². The van der Waals surface area contributed by atoms with Crippen LogP contribution < -0.4 is 10.2 Å². The predicted molar refractivity (Wildman–Crippen MR) is 114 cm³/mol. The first-order valence-corrected chi connectivity index (χ1v) is 10.2. The van der Waals surface area contributed by atoms with Crippen LogP contribution in [0, 0.1) is 19.8 Å². The van der Waals surface area contributed by atoms with E-state index in [-0.39, 0.29) is 5.92 Å². The highest BCUT2D eigenvalue weighted by Gasteiger charge is 2.26. The zero-order valence-electron chi connectivity index (χ0n) is 17.4. The summed E-state index contributed by atoms with van der Waals surface area (Å²) in [5.74, 6) is 2.89. The molecule has 1 aliphatic rings. The fraction of sp³-hybridized carbons (Fsp3) is 0.500. The molecule has 0 atom stereocenters. The molecular weight excluding hydrogens is 350 g/mol. The number of carbonyl (C=O) groups is 1. The Labute approximate surface area is 168 Å². The second-order valence-electron chi connectivity index (χ2n) is 7.48. The monoisotopic (exact) mass is 381 g/mol.